The molecular formula is C24H34ClN5O2S. The number of carbonyl (C=O) groups excluding carboxylic acids is 2. The lowest BCUT2D eigenvalue weighted by Gasteiger charge is -2.38. The second kappa shape index (κ2) is 11.2. The molecule has 0 bridgehead atoms. The van der Waals surface area contributed by atoms with Crippen molar-refractivity contribution in [1.82, 2.24) is 14.8 Å². The zero-order valence-electron chi connectivity index (χ0n) is 19.8. The van der Waals surface area contributed by atoms with Crippen LogP contribution in [0.1, 0.15) is 40.0 Å². The summed E-state index contributed by atoms with van der Waals surface area (Å²) >= 11 is 7.56. The van der Waals surface area contributed by atoms with E-state index in [-0.39, 0.29) is 5.91 Å². The molecule has 0 aliphatic carbocycles. The molecule has 1 aromatic carbocycles. The minimum absolute atomic E-state index is 0.0218. The highest BCUT2D eigenvalue weighted by Crippen LogP contribution is 2.26. The van der Waals surface area contributed by atoms with Crippen LogP contribution in [0, 0.1) is 11.3 Å². The van der Waals surface area contributed by atoms with Crippen LogP contribution in [0.2, 0.25) is 5.02 Å². The van der Waals surface area contributed by atoms with Gasteiger partial charge in [-0.1, -0.05) is 32.4 Å². The largest absolute Gasteiger partial charge is 0.341 e. The topological polar surface area (TPSA) is 78.7 Å². The fraction of sp³-hybridized carbons (Fsp3) is 0.542. The summed E-state index contributed by atoms with van der Waals surface area (Å²) in [6.45, 7) is 8.30. The van der Waals surface area contributed by atoms with Gasteiger partial charge in [0.1, 0.15) is 6.04 Å². The zero-order chi connectivity index (χ0) is 24.0. The van der Waals surface area contributed by atoms with Gasteiger partial charge in [-0.3, -0.25) is 9.79 Å². The van der Waals surface area contributed by atoms with Crippen molar-refractivity contribution in [3.8, 4) is 0 Å². The van der Waals surface area contributed by atoms with Gasteiger partial charge in [0.2, 0.25) is 5.91 Å². The average molecular weight is 492 g/mol. The first kappa shape index (κ1) is 25.3. The van der Waals surface area contributed by atoms with Gasteiger partial charge in [-0.15, -0.1) is 11.3 Å². The number of amides is 3. The van der Waals surface area contributed by atoms with E-state index in [1.54, 1.807) is 35.6 Å². The van der Waals surface area contributed by atoms with Gasteiger partial charge in [0.25, 0.3) is 0 Å². The zero-order valence-corrected chi connectivity index (χ0v) is 21.4. The molecule has 3 rings (SSSR count). The van der Waals surface area contributed by atoms with Crippen LogP contribution < -0.4 is 15.4 Å². The molecular weight excluding hydrogens is 458 g/mol. The third kappa shape index (κ3) is 7.08. The van der Waals surface area contributed by atoms with E-state index >= 15 is 0 Å². The Bertz CT molecular complexity index is 1000. The summed E-state index contributed by atoms with van der Waals surface area (Å²) in [6.07, 6.45) is 5.11. The van der Waals surface area contributed by atoms with Crippen molar-refractivity contribution in [2.45, 2.75) is 52.6 Å². The molecule has 33 heavy (non-hydrogen) atoms. The molecule has 9 heteroatoms. The Morgan fingerprint density at radius 2 is 1.88 bits per heavy atom. The van der Waals surface area contributed by atoms with Gasteiger partial charge in [-0.25, -0.2) is 4.79 Å². The normalized spacial score (nSPS) is 16.5. The number of rotatable bonds is 6. The number of benzene rings is 1. The smallest absolute Gasteiger partial charge is 0.319 e. The number of aryl methyl sites for hydroxylation is 1. The molecule has 2 heterocycles. The van der Waals surface area contributed by atoms with E-state index in [0.29, 0.717) is 16.6 Å². The first-order valence-electron chi connectivity index (χ1n) is 11.4. The quantitative estimate of drug-likeness (QED) is 0.619. The van der Waals surface area contributed by atoms with Crippen LogP contribution in [-0.4, -0.2) is 47.6 Å². The molecule has 2 aromatic rings. The number of thiazole rings is 1. The van der Waals surface area contributed by atoms with Crippen LogP contribution in [0.3, 0.4) is 0 Å². The first-order chi connectivity index (χ1) is 15.7. The molecule has 0 unspecified atom stereocenters. The molecule has 3 amide bonds. The standard InChI is InChI=1S/C24H34ClN5O2S/c1-24(2,3)20(28-22(32)27-19-7-5-18(25)6-8-19)21(31)29-12-9-17(10-13-29)11-14-30-15-16-33-23(30)26-4/h5-8,15-17,20H,9-14H2,1-4H3,(H2,27,28,32)/b26-23-/t20-/m0/s1. The molecule has 1 atom stereocenters. The third-order valence-electron chi connectivity index (χ3n) is 6.05. The third-order valence-corrected chi connectivity index (χ3v) is 7.18. The highest BCUT2D eigenvalue weighted by molar-refractivity contribution is 7.07. The second-order valence-corrected chi connectivity index (χ2v) is 10.9. The van der Waals surface area contributed by atoms with Crippen LogP contribution in [0.5, 0.6) is 0 Å². The summed E-state index contributed by atoms with van der Waals surface area (Å²) in [6, 6.07) is 5.87. The van der Waals surface area contributed by atoms with Gasteiger partial charge >= 0.3 is 6.03 Å². The lowest BCUT2D eigenvalue weighted by Crippen LogP contribution is -2.56. The van der Waals surface area contributed by atoms with Crippen LogP contribution in [0.25, 0.3) is 0 Å². The van der Waals surface area contributed by atoms with E-state index in [9.17, 15) is 9.59 Å². The molecule has 1 aliphatic heterocycles. The maximum Gasteiger partial charge on any atom is 0.319 e. The van der Waals surface area contributed by atoms with Crippen molar-refractivity contribution in [1.29, 1.82) is 0 Å². The number of halogens is 1. The molecule has 0 radical (unpaired) electrons. The van der Waals surface area contributed by atoms with E-state index in [4.69, 9.17) is 11.6 Å². The number of hydrogen-bond donors (Lipinski definition) is 2. The highest BCUT2D eigenvalue weighted by Gasteiger charge is 2.37. The number of piperidine rings is 1. The molecule has 1 saturated heterocycles. The van der Waals surface area contributed by atoms with Crippen LogP contribution in [0.15, 0.2) is 40.8 Å². The lowest BCUT2D eigenvalue weighted by molar-refractivity contribution is -0.137. The predicted molar refractivity (Wildman–Crippen MR) is 135 cm³/mol. The minimum Gasteiger partial charge on any atom is -0.341 e. The van der Waals surface area contributed by atoms with E-state index < -0.39 is 17.5 Å². The van der Waals surface area contributed by atoms with Crippen molar-refractivity contribution in [2.24, 2.45) is 16.3 Å². The number of carbonyl (C=O) groups is 2. The van der Waals surface area contributed by atoms with Crippen LogP contribution in [0.4, 0.5) is 10.5 Å². The lowest BCUT2D eigenvalue weighted by atomic mass is 9.85. The molecule has 1 aliphatic rings. The Morgan fingerprint density at radius 1 is 1.21 bits per heavy atom. The molecule has 1 aromatic heterocycles. The number of nitrogens with zero attached hydrogens (tertiary/aromatic N) is 3. The predicted octanol–water partition coefficient (Wildman–Crippen LogP) is 4.60. The maximum absolute atomic E-state index is 13.4. The summed E-state index contributed by atoms with van der Waals surface area (Å²) in [5, 5.41) is 8.35. The molecule has 180 valence electrons. The Balaban J connectivity index is 1.54. The fourth-order valence-electron chi connectivity index (χ4n) is 4.07. The van der Waals surface area contributed by atoms with E-state index in [1.165, 1.54) is 0 Å². The fourth-order valence-corrected chi connectivity index (χ4v) is 4.92. The van der Waals surface area contributed by atoms with Crippen LogP contribution in [-0.2, 0) is 11.3 Å². The molecule has 7 nitrogen and oxygen atoms in total. The molecule has 2 N–H and O–H groups in total. The van der Waals surface area contributed by atoms with Crippen molar-refractivity contribution < 1.29 is 9.59 Å². The number of nitrogens with one attached hydrogen (secondary N) is 2. The van der Waals surface area contributed by atoms with Gasteiger partial charge in [0.15, 0.2) is 4.80 Å². The maximum atomic E-state index is 13.4. The number of likely N-dealkylation sites (tertiary alicyclic amines) is 1. The Kier molecular flexibility index (Phi) is 8.59. The van der Waals surface area contributed by atoms with Crippen molar-refractivity contribution >= 4 is 40.6 Å². The van der Waals surface area contributed by atoms with Gasteiger partial charge in [0, 0.05) is 49.0 Å². The first-order valence-corrected chi connectivity index (χ1v) is 12.6. The SMILES string of the molecule is C/N=c1\sccn1CCC1CCN(C(=O)[C@H](NC(=O)Nc2ccc(Cl)cc2)C(C)(C)C)CC1. The van der Waals surface area contributed by atoms with E-state index in [0.717, 1.165) is 43.7 Å². The van der Waals surface area contributed by atoms with E-state index in [2.05, 4.69) is 31.8 Å². The second-order valence-electron chi connectivity index (χ2n) is 9.56. The number of hydrogen-bond acceptors (Lipinski definition) is 4. The summed E-state index contributed by atoms with van der Waals surface area (Å²) in [5.74, 6) is 0.562. The number of urea groups is 1. The molecule has 1 fully saturated rings. The van der Waals surface area contributed by atoms with Crippen molar-refractivity contribution in [3.63, 3.8) is 0 Å². The van der Waals surface area contributed by atoms with Gasteiger partial charge in [-0.2, -0.15) is 0 Å². The highest BCUT2D eigenvalue weighted by atomic mass is 35.5. The summed E-state index contributed by atoms with van der Waals surface area (Å²) in [7, 11) is 1.82. The Labute approximate surface area is 204 Å². The molecule has 0 saturated carbocycles. The van der Waals surface area contributed by atoms with Gasteiger partial charge < -0.3 is 20.1 Å². The van der Waals surface area contributed by atoms with E-state index in [1.807, 2.05) is 32.7 Å². The number of aromatic nitrogens is 1. The van der Waals surface area contributed by atoms with Crippen molar-refractivity contribution in [3.05, 3.63) is 45.7 Å². The van der Waals surface area contributed by atoms with Crippen LogP contribution >= 0.6 is 22.9 Å². The summed E-state index contributed by atoms with van der Waals surface area (Å²) in [5.41, 5.74) is 0.210. The molecule has 0 spiro atoms. The van der Waals surface area contributed by atoms with Crippen molar-refractivity contribution in [2.75, 3.05) is 25.5 Å². The Morgan fingerprint density at radius 3 is 2.48 bits per heavy atom. The minimum atomic E-state index is -0.614. The average Bonchev–Trinajstić information content (AvgIpc) is 3.24. The Hall–Kier alpha value is -2.32. The number of anilines is 1. The summed E-state index contributed by atoms with van der Waals surface area (Å²) < 4.78 is 2.20. The summed E-state index contributed by atoms with van der Waals surface area (Å²) in [4.78, 5) is 33.2. The van der Waals surface area contributed by atoms with Gasteiger partial charge in [-0.05, 0) is 54.9 Å². The monoisotopic (exact) mass is 491 g/mol. The van der Waals surface area contributed by atoms with Gasteiger partial charge in [0.05, 0.1) is 0 Å².